The molecule has 176 valence electrons. The highest BCUT2D eigenvalue weighted by Gasteiger charge is 2.55. The first-order chi connectivity index (χ1) is 16.4. The molecule has 1 saturated carbocycles. The zero-order chi connectivity index (χ0) is 23.4. The molecule has 3 heterocycles. The Labute approximate surface area is 199 Å². The van der Waals surface area contributed by atoms with Gasteiger partial charge in [0, 0.05) is 43.3 Å². The number of fused-ring (bicyclic) bond motifs is 1. The molecule has 2 unspecified atom stereocenters. The van der Waals surface area contributed by atoms with E-state index in [1.165, 1.54) is 12.0 Å². The number of carboxylic acids is 1. The maximum atomic E-state index is 12.7. The molecule has 1 amide bonds. The van der Waals surface area contributed by atoms with Crippen molar-refractivity contribution < 1.29 is 19.4 Å². The number of aryl methyl sites for hydroxylation is 1. The molecule has 3 fully saturated rings. The van der Waals surface area contributed by atoms with E-state index in [2.05, 4.69) is 34.9 Å². The fraction of sp³-hybridized carbons (Fsp3) is 0.429. The second-order valence-corrected chi connectivity index (χ2v) is 10.2. The number of aromatic nitrogens is 1. The van der Waals surface area contributed by atoms with E-state index >= 15 is 0 Å². The summed E-state index contributed by atoms with van der Waals surface area (Å²) in [6.45, 7) is 2.41. The molecule has 2 aliphatic heterocycles. The van der Waals surface area contributed by atoms with Gasteiger partial charge in [0.05, 0.1) is 5.56 Å². The van der Waals surface area contributed by atoms with Crippen LogP contribution in [-0.4, -0.2) is 52.3 Å². The number of amides is 1. The van der Waals surface area contributed by atoms with Gasteiger partial charge in [0.25, 0.3) is 5.91 Å². The van der Waals surface area contributed by atoms with E-state index in [1.54, 1.807) is 12.1 Å². The van der Waals surface area contributed by atoms with Crippen LogP contribution < -0.4 is 0 Å². The van der Waals surface area contributed by atoms with Crippen LogP contribution in [0.1, 0.15) is 53.9 Å². The number of carbonyl (C=O) groups is 2. The Hall–Kier alpha value is -3.12. The summed E-state index contributed by atoms with van der Waals surface area (Å²) in [7, 11) is 1.98. The molecule has 1 N–H and O–H groups in total. The summed E-state index contributed by atoms with van der Waals surface area (Å²) in [4.78, 5) is 26.0. The highest BCUT2D eigenvalue weighted by molar-refractivity contribution is 5.95. The minimum absolute atomic E-state index is 0.194. The van der Waals surface area contributed by atoms with E-state index in [1.807, 2.05) is 18.0 Å². The van der Waals surface area contributed by atoms with E-state index in [4.69, 9.17) is 4.74 Å². The standard InChI is InChI=1S/C28H30N2O4/c1-29-23(15-20-8-9-21(27(32)33)16-24(20)29)19-6-4-18(5-7-19)22-17-28(22)10-12-30(13-11-28)26(31)25-3-2-14-34-25/h4-9,15-16,22,25H,2-3,10-14,17H2,1H3,(H,32,33). The highest BCUT2D eigenvalue weighted by Crippen LogP contribution is 2.65. The minimum Gasteiger partial charge on any atom is -0.478 e. The van der Waals surface area contributed by atoms with Crippen LogP contribution >= 0.6 is 0 Å². The third-order valence-corrected chi connectivity index (χ3v) is 8.37. The molecular weight excluding hydrogens is 428 g/mol. The van der Waals surface area contributed by atoms with Gasteiger partial charge in [-0.25, -0.2) is 4.79 Å². The van der Waals surface area contributed by atoms with Crippen molar-refractivity contribution in [2.75, 3.05) is 19.7 Å². The molecular formula is C28H30N2O4. The number of carboxylic acid groups (broad SMARTS) is 1. The van der Waals surface area contributed by atoms with Gasteiger partial charge in [-0.1, -0.05) is 30.3 Å². The third kappa shape index (κ3) is 3.52. The first-order valence-corrected chi connectivity index (χ1v) is 12.3. The van der Waals surface area contributed by atoms with Crippen molar-refractivity contribution in [2.24, 2.45) is 12.5 Å². The van der Waals surface area contributed by atoms with Crippen molar-refractivity contribution in [2.45, 2.75) is 44.1 Å². The van der Waals surface area contributed by atoms with Gasteiger partial charge in [-0.2, -0.15) is 0 Å². The first kappa shape index (κ1) is 21.4. The van der Waals surface area contributed by atoms with E-state index in [0.717, 1.165) is 60.9 Å². The molecule has 6 heteroatoms. The molecule has 2 aromatic carbocycles. The van der Waals surface area contributed by atoms with Crippen molar-refractivity contribution in [3.05, 3.63) is 59.7 Å². The number of benzene rings is 2. The van der Waals surface area contributed by atoms with Crippen LogP contribution in [0.25, 0.3) is 22.2 Å². The fourth-order valence-corrected chi connectivity index (χ4v) is 6.15. The van der Waals surface area contributed by atoms with Gasteiger partial charge < -0.3 is 19.3 Å². The number of hydrogen-bond donors (Lipinski definition) is 1. The van der Waals surface area contributed by atoms with Gasteiger partial charge in [0.1, 0.15) is 6.10 Å². The van der Waals surface area contributed by atoms with Crippen LogP contribution in [0.2, 0.25) is 0 Å². The molecule has 0 radical (unpaired) electrons. The van der Waals surface area contributed by atoms with Gasteiger partial charge in [-0.15, -0.1) is 0 Å². The summed E-state index contributed by atoms with van der Waals surface area (Å²) in [5.74, 6) is -0.138. The zero-order valence-corrected chi connectivity index (χ0v) is 19.5. The van der Waals surface area contributed by atoms with Crippen LogP contribution in [0.15, 0.2) is 48.5 Å². The largest absolute Gasteiger partial charge is 0.478 e. The van der Waals surface area contributed by atoms with Gasteiger partial charge >= 0.3 is 5.97 Å². The summed E-state index contributed by atoms with van der Waals surface area (Å²) < 4.78 is 7.66. The SMILES string of the molecule is Cn1c(-c2ccc(C3CC34CCN(C(=O)C3CCCO3)CC4)cc2)cc2ccc(C(=O)O)cc21. The lowest BCUT2D eigenvalue weighted by atomic mass is 9.88. The third-order valence-electron chi connectivity index (χ3n) is 8.37. The summed E-state index contributed by atoms with van der Waals surface area (Å²) in [5.41, 5.74) is 5.17. The predicted molar refractivity (Wildman–Crippen MR) is 130 cm³/mol. The Balaban J connectivity index is 1.15. The number of piperidine rings is 1. The van der Waals surface area contributed by atoms with Crippen LogP contribution in [-0.2, 0) is 16.6 Å². The van der Waals surface area contributed by atoms with Crippen LogP contribution in [0, 0.1) is 5.41 Å². The van der Waals surface area contributed by atoms with Gasteiger partial charge in [0.2, 0.25) is 0 Å². The molecule has 34 heavy (non-hydrogen) atoms. The van der Waals surface area contributed by atoms with Crippen molar-refractivity contribution in [1.82, 2.24) is 9.47 Å². The lowest BCUT2D eigenvalue weighted by molar-refractivity contribution is -0.142. The number of rotatable bonds is 4. The van der Waals surface area contributed by atoms with Gasteiger partial charge in [-0.3, -0.25) is 4.79 Å². The molecule has 2 atom stereocenters. The second-order valence-electron chi connectivity index (χ2n) is 10.2. The maximum absolute atomic E-state index is 12.7. The van der Waals surface area contributed by atoms with Crippen molar-refractivity contribution in [3.63, 3.8) is 0 Å². The van der Waals surface area contributed by atoms with Gasteiger partial charge in [-0.05, 0) is 72.8 Å². The average molecular weight is 459 g/mol. The number of carbonyl (C=O) groups excluding carboxylic acids is 1. The first-order valence-electron chi connectivity index (χ1n) is 12.3. The van der Waals surface area contributed by atoms with Crippen molar-refractivity contribution in [3.8, 4) is 11.3 Å². The summed E-state index contributed by atoms with van der Waals surface area (Å²) in [6, 6.07) is 16.3. The lowest BCUT2D eigenvalue weighted by Crippen LogP contribution is -2.44. The fourth-order valence-electron chi connectivity index (χ4n) is 6.15. The summed E-state index contributed by atoms with van der Waals surface area (Å²) in [5, 5.41) is 10.3. The zero-order valence-electron chi connectivity index (χ0n) is 19.5. The Morgan fingerprint density at radius 3 is 2.50 bits per heavy atom. The molecule has 6 nitrogen and oxygen atoms in total. The van der Waals surface area contributed by atoms with Crippen LogP contribution in [0.4, 0.5) is 0 Å². The van der Waals surface area contributed by atoms with Gasteiger partial charge in [0.15, 0.2) is 0 Å². The minimum atomic E-state index is -0.908. The maximum Gasteiger partial charge on any atom is 0.335 e. The molecule has 0 bridgehead atoms. The van der Waals surface area contributed by atoms with E-state index in [-0.39, 0.29) is 12.0 Å². The predicted octanol–water partition coefficient (Wildman–Crippen LogP) is 4.82. The number of ether oxygens (including phenoxy) is 1. The summed E-state index contributed by atoms with van der Waals surface area (Å²) >= 11 is 0. The number of likely N-dealkylation sites (tertiary alicyclic amines) is 1. The summed E-state index contributed by atoms with van der Waals surface area (Å²) in [6.07, 6.45) is 5.02. The topological polar surface area (TPSA) is 71.8 Å². The van der Waals surface area contributed by atoms with E-state index in [9.17, 15) is 14.7 Å². The molecule has 2 saturated heterocycles. The van der Waals surface area contributed by atoms with E-state index < -0.39 is 5.97 Å². The molecule has 1 aromatic heterocycles. The second kappa shape index (κ2) is 7.98. The normalized spacial score (nSPS) is 23.5. The molecule has 3 aromatic rings. The van der Waals surface area contributed by atoms with Crippen LogP contribution in [0.3, 0.4) is 0 Å². The number of aromatic carboxylic acids is 1. The average Bonchev–Trinajstić information content (AvgIpc) is 3.18. The Kier molecular flexibility index (Phi) is 5.03. The highest BCUT2D eigenvalue weighted by atomic mass is 16.5. The molecule has 3 aliphatic rings. The molecule has 1 aliphatic carbocycles. The Morgan fingerprint density at radius 1 is 1.06 bits per heavy atom. The van der Waals surface area contributed by atoms with Crippen LogP contribution in [0.5, 0.6) is 0 Å². The van der Waals surface area contributed by atoms with Crippen molar-refractivity contribution in [1.29, 1.82) is 0 Å². The quantitative estimate of drug-likeness (QED) is 0.609. The van der Waals surface area contributed by atoms with Crippen molar-refractivity contribution >= 4 is 22.8 Å². The monoisotopic (exact) mass is 458 g/mol. The number of hydrogen-bond acceptors (Lipinski definition) is 3. The molecule has 6 rings (SSSR count). The Bertz CT molecular complexity index is 1260. The lowest BCUT2D eigenvalue weighted by Gasteiger charge is -2.34. The molecule has 1 spiro atoms. The van der Waals surface area contributed by atoms with E-state index in [0.29, 0.717) is 23.5 Å². The Morgan fingerprint density at radius 2 is 1.82 bits per heavy atom. The smallest absolute Gasteiger partial charge is 0.335 e. The number of nitrogens with zero attached hydrogens (tertiary/aromatic N) is 2.